The molecule has 2 aliphatic carbocycles. The average molecular weight is 294 g/mol. The first-order chi connectivity index (χ1) is 10.4. The largest absolute Gasteiger partial charge is 0.378 e. The van der Waals surface area contributed by atoms with Crippen molar-refractivity contribution in [1.29, 1.82) is 0 Å². The monoisotopic (exact) mass is 294 g/mol. The van der Waals surface area contributed by atoms with Gasteiger partial charge in [0.1, 0.15) is 6.04 Å². The van der Waals surface area contributed by atoms with Gasteiger partial charge in [0.05, 0.1) is 13.2 Å². The average Bonchev–Trinajstić information content (AvgIpc) is 2.58. The van der Waals surface area contributed by atoms with Crippen LogP contribution in [-0.2, 0) is 9.53 Å². The molecule has 4 heteroatoms. The van der Waals surface area contributed by atoms with Crippen LogP contribution in [0.1, 0.15) is 64.2 Å². The van der Waals surface area contributed by atoms with Crippen molar-refractivity contribution >= 4 is 5.91 Å². The molecule has 0 aromatic heterocycles. The third kappa shape index (κ3) is 3.78. The zero-order chi connectivity index (χ0) is 14.5. The molecule has 1 heterocycles. The smallest absolute Gasteiger partial charge is 0.242 e. The van der Waals surface area contributed by atoms with E-state index in [-0.39, 0.29) is 6.04 Å². The summed E-state index contributed by atoms with van der Waals surface area (Å²) >= 11 is 0. The van der Waals surface area contributed by atoms with Crippen LogP contribution in [0.4, 0.5) is 0 Å². The molecular formula is C17H30N2O2. The number of carbonyl (C=O) groups is 1. The maximum atomic E-state index is 13.1. The molecule has 3 aliphatic rings. The van der Waals surface area contributed by atoms with E-state index in [1.54, 1.807) is 0 Å². The number of hydrogen-bond donors (Lipinski definition) is 1. The molecule has 3 fully saturated rings. The second-order valence-corrected chi connectivity index (χ2v) is 6.91. The van der Waals surface area contributed by atoms with Crippen LogP contribution in [0, 0.1) is 0 Å². The first-order valence-corrected chi connectivity index (χ1v) is 8.99. The van der Waals surface area contributed by atoms with Crippen LogP contribution in [0.15, 0.2) is 0 Å². The van der Waals surface area contributed by atoms with Gasteiger partial charge in [-0.3, -0.25) is 4.79 Å². The Labute approximate surface area is 128 Å². The van der Waals surface area contributed by atoms with E-state index in [1.165, 1.54) is 64.2 Å². The molecule has 4 nitrogen and oxygen atoms in total. The number of amides is 1. The molecule has 0 aromatic carbocycles. The van der Waals surface area contributed by atoms with E-state index in [9.17, 15) is 4.79 Å². The molecule has 0 bridgehead atoms. The summed E-state index contributed by atoms with van der Waals surface area (Å²) in [6.07, 6.45) is 12.6. The molecule has 2 saturated carbocycles. The number of morpholine rings is 1. The van der Waals surface area contributed by atoms with E-state index in [0.717, 1.165) is 13.2 Å². The van der Waals surface area contributed by atoms with Gasteiger partial charge in [-0.25, -0.2) is 0 Å². The molecule has 120 valence electrons. The molecule has 0 aromatic rings. The van der Waals surface area contributed by atoms with Gasteiger partial charge < -0.3 is 15.0 Å². The van der Waals surface area contributed by atoms with Gasteiger partial charge in [-0.2, -0.15) is 0 Å². The van der Waals surface area contributed by atoms with Crippen molar-refractivity contribution in [2.24, 2.45) is 0 Å². The molecule has 1 saturated heterocycles. The van der Waals surface area contributed by atoms with E-state index < -0.39 is 0 Å². The van der Waals surface area contributed by atoms with Gasteiger partial charge in [0.25, 0.3) is 0 Å². The van der Waals surface area contributed by atoms with Gasteiger partial charge in [0, 0.05) is 18.6 Å². The van der Waals surface area contributed by atoms with Gasteiger partial charge in [-0.15, -0.1) is 0 Å². The lowest BCUT2D eigenvalue weighted by atomic mass is 9.88. The molecule has 1 aliphatic heterocycles. The first kappa shape index (κ1) is 15.3. The molecule has 1 unspecified atom stereocenters. The molecule has 1 N–H and O–H groups in total. The minimum absolute atomic E-state index is 0.109. The summed E-state index contributed by atoms with van der Waals surface area (Å²) in [6, 6.07) is 0.860. The summed E-state index contributed by atoms with van der Waals surface area (Å²) < 4.78 is 5.52. The van der Waals surface area contributed by atoms with Crippen molar-refractivity contribution in [2.75, 3.05) is 19.8 Å². The van der Waals surface area contributed by atoms with Crippen LogP contribution in [-0.4, -0.2) is 48.7 Å². The van der Waals surface area contributed by atoms with Gasteiger partial charge >= 0.3 is 0 Å². The summed E-state index contributed by atoms with van der Waals surface area (Å²) in [4.78, 5) is 15.4. The fraction of sp³-hybridized carbons (Fsp3) is 0.941. The standard InChI is InChI=1S/C17H30N2O2/c20-17(16-13-21-12-11-18-16)19(14-7-3-1-4-8-14)15-9-5-2-6-10-15/h14-16,18H,1-13H2. The van der Waals surface area contributed by atoms with Gasteiger partial charge in [0.15, 0.2) is 0 Å². The van der Waals surface area contributed by atoms with Crippen molar-refractivity contribution in [3.63, 3.8) is 0 Å². The Morgan fingerprint density at radius 3 is 1.95 bits per heavy atom. The highest BCUT2D eigenvalue weighted by Crippen LogP contribution is 2.30. The number of ether oxygens (including phenoxy) is 1. The molecular weight excluding hydrogens is 264 g/mol. The zero-order valence-corrected chi connectivity index (χ0v) is 13.2. The molecule has 0 radical (unpaired) electrons. The maximum Gasteiger partial charge on any atom is 0.242 e. The number of rotatable bonds is 3. The predicted molar refractivity (Wildman–Crippen MR) is 83.2 cm³/mol. The topological polar surface area (TPSA) is 41.6 Å². The predicted octanol–water partition coefficient (Wildman–Crippen LogP) is 2.47. The lowest BCUT2D eigenvalue weighted by molar-refractivity contribution is -0.143. The second-order valence-electron chi connectivity index (χ2n) is 6.91. The van der Waals surface area contributed by atoms with Gasteiger partial charge in [0.2, 0.25) is 5.91 Å². The molecule has 1 amide bonds. The van der Waals surface area contributed by atoms with E-state index in [0.29, 0.717) is 24.6 Å². The summed E-state index contributed by atoms with van der Waals surface area (Å²) in [6.45, 7) is 2.09. The molecule has 21 heavy (non-hydrogen) atoms. The summed E-state index contributed by atoms with van der Waals surface area (Å²) in [5.41, 5.74) is 0. The fourth-order valence-corrected chi connectivity index (χ4v) is 4.28. The molecule has 1 atom stereocenters. The normalized spacial score (nSPS) is 29.2. The van der Waals surface area contributed by atoms with E-state index in [2.05, 4.69) is 10.2 Å². The highest BCUT2D eigenvalue weighted by Gasteiger charge is 2.36. The quantitative estimate of drug-likeness (QED) is 0.869. The van der Waals surface area contributed by atoms with Crippen molar-refractivity contribution in [3.8, 4) is 0 Å². The highest BCUT2D eigenvalue weighted by molar-refractivity contribution is 5.82. The lowest BCUT2D eigenvalue weighted by Gasteiger charge is -2.43. The lowest BCUT2D eigenvalue weighted by Crippen LogP contribution is -2.58. The van der Waals surface area contributed by atoms with Crippen LogP contribution in [0.2, 0.25) is 0 Å². The van der Waals surface area contributed by atoms with Gasteiger partial charge in [-0.1, -0.05) is 38.5 Å². The molecule has 3 rings (SSSR count). The van der Waals surface area contributed by atoms with Crippen molar-refractivity contribution in [3.05, 3.63) is 0 Å². The van der Waals surface area contributed by atoms with Crippen LogP contribution in [0.25, 0.3) is 0 Å². The van der Waals surface area contributed by atoms with Crippen molar-refractivity contribution < 1.29 is 9.53 Å². The Morgan fingerprint density at radius 1 is 0.905 bits per heavy atom. The van der Waals surface area contributed by atoms with Crippen LogP contribution < -0.4 is 5.32 Å². The Kier molecular flexibility index (Phi) is 5.53. The Morgan fingerprint density at radius 2 is 1.48 bits per heavy atom. The first-order valence-electron chi connectivity index (χ1n) is 8.99. The number of nitrogens with zero attached hydrogens (tertiary/aromatic N) is 1. The van der Waals surface area contributed by atoms with Crippen molar-refractivity contribution in [2.45, 2.75) is 82.3 Å². The van der Waals surface area contributed by atoms with Crippen LogP contribution in [0.3, 0.4) is 0 Å². The third-order valence-corrected chi connectivity index (χ3v) is 5.41. The Bertz CT molecular complexity index is 312. The number of carbonyl (C=O) groups excluding carboxylic acids is 1. The maximum absolute atomic E-state index is 13.1. The second kappa shape index (κ2) is 7.59. The van der Waals surface area contributed by atoms with E-state index in [4.69, 9.17) is 4.74 Å². The highest BCUT2D eigenvalue weighted by atomic mass is 16.5. The van der Waals surface area contributed by atoms with Crippen molar-refractivity contribution in [1.82, 2.24) is 10.2 Å². The zero-order valence-electron chi connectivity index (χ0n) is 13.2. The van der Waals surface area contributed by atoms with E-state index in [1.807, 2.05) is 0 Å². The Balaban J connectivity index is 1.71. The van der Waals surface area contributed by atoms with Crippen LogP contribution in [0.5, 0.6) is 0 Å². The Hall–Kier alpha value is -0.610. The SMILES string of the molecule is O=C(C1COCCN1)N(C1CCCCC1)C1CCCCC1. The summed E-state index contributed by atoms with van der Waals surface area (Å²) in [5, 5.41) is 3.36. The fourth-order valence-electron chi connectivity index (χ4n) is 4.28. The van der Waals surface area contributed by atoms with E-state index >= 15 is 0 Å². The summed E-state index contributed by atoms with van der Waals surface area (Å²) in [7, 11) is 0. The van der Waals surface area contributed by atoms with Crippen LogP contribution >= 0.6 is 0 Å². The number of nitrogens with one attached hydrogen (secondary N) is 1. The third-order valence-electron chi connectivity index (χ3n) is 5.41. The summed E-state index contributed by atoms with van der Waals surface area (Å²) in [5.74, 6) is 0.313. The minimum atomic E-state index is -0.109. The molecule has 0 spiro atoms. The van der Waals surface area contributed by atoms with Gasteiger partial charge in [-0.05, 0) is 25.7 Å². The minimum Gasteiger partial charge on any atom is -0.378 e. The number of hydrogen-bond acceptors (Lipinski definition) is 3.